The van der Waals surface area contributed by atoms with E-state index in [2.05, 4.69) is 20.8 Å². The van der Waals surface area contributed by atoms with Crippen LogP contribution in [0.25, 0.3) is 0 Å². The third-order valence-corrected chi connectivity index (χ3v) is 4.61. The molecule has 0 radical (unpaired) electrons. The largest absolute Gasteiger partial charge is 0.340 e. The van der Waals surface area contributed by atoms with E-state index in [1.807, 2.05) is 36.4 Å². The second kappa shape index (κ2) is 8.50. The van der Waals surface area contributed by atoms with Gasteiger partial charge in [0.1, 0.15) is 6.04 Å². The van der Waals surface area contributed by atoms with Crippen molar-refractivity contribution in [3.63, 3.8) is 0 Å². The van der Waals surface area contributed by atoms with Crippen LogP contribution in [-0.2, 0) is 11.2 Å². The molecule has 1 atom stereocenters. The van der Waals surface area contributed by atoms with Crippen LogP contribution in [0.4, 0.5) is 5.13 Å². The molecule has 26 heavy (non-hydrogen) atoms. The zero-order valence-corrected chi connectivity index (χ0v) is 15.3. The summed E-state index contributed by atoms with van der Waals surface area (Å²) in [5.41, 5.74) is 1.43. The molecule has 6 nitrogen and oxygen atoms in total. The molecule has 0 aliphatic carbocycles. The minimum absolute atomic E-state index is 0.309. The average Bonchev–Trinajstić information content (AvgIpc) is 3.07. The SMILES string of the molecule is O=C(NC(Cc1ccccc1)C(=O)Nc1n[nH]c(=S)s1)c1ccccc1. The van der Waals surface area contributed by atoms with E-state index in [1.165, 1.54) is 0 Å². The van der Waals surface area contributed by atoms with Crippen molar-refractivity contribution in [2.45, 2.75) is 12.5 Å². The molecule has 1 aromatic heterocycles. The number of H-pyrrole nitrogens is 1. The predicted molar refractivity (Wildman–Crippen MR) is 104 cm³/mol. The van der Waals surface area contributed by atoms with Crippen molar-refractivity contribution in [2.75, 3.05) is 5.32 Å². The lowest BCUT2D eigenvalue weighted by Gasteiger charge is -2.18. The van der Waals surface area contributed by atoms with Crippen LogP contribution in [-0.4, -0.2) is 28.1 Å². The normalized spacial score (nSPS) is 11.5. The van der Waals surface area contributed by atoms with Gasteiger partial charge in [0.2, 0.25) is 11.0 Å². The van der Waals surface area contributed by atoms with E-state index in [4.69, 9.17) is 12.2 Å². The number of hydrogen-bond acceptors (Lipinski definition) is 5. The zero-order valence-electron chi connectivity index (χ0n) is 13.6. The lowest BCUT2D eigenvalue weighted by molar-refractivity contribution is -0.118. The Morgan fingerprint density at radius 3 is 2.35 bits per heavy atom. The van der Waals surface area contributed by atoms with Crippen molar-refractivity contribution in [2.24, 2.45) is 0 Å². The third kappa shape index (κ3) is 4.84. The molecule has 3 rings (SSSR count). The fraction of sp³-hybridized carbons (Fsp3) is 0.111. The minimum Gasteiger partial charge on any atom is -0.340 e. The van der Waals surface area contributed by atoms with Gasteiger partial charge in [-0.3, -0.25) is 20.0 Å². The number of rotatable bonds is 6. The summed E-state index contributed by atoms with van der Waals surface area (Å²) in [4.78, 5) is 25.2. The highest BCUT2D eigenvalue weighted by molar-refractivity contribution is 7.73. The molecule has 132 valence electrons. The van der Waals surface area contributed by atoms with Crippen molar-refractivity contribution in [1.29, 1.82) is 0 Å². The number of nitrogens with zero attached hydrogens (tertiary/aromatic N) is 1. The number of amides is 2. The lowest BCUT2D eigenvalue weighted by atomic mass is 10.0. The minimum atomic E-state index is -0.748. The predicted octanol–water partition coefficient (Wildman–Crippen LogP) is 3.18. The van der Waals surface area contributed by atoms with E-state index in [0.717, 1.165) is 16.9 Å². The van der Waals surface area contributed by atoms with Crippen LogP contribution < -0.4 is 10.6 Å². The van der Waals surface area contributed by atoms with Gasteiger partial charge in [0.15, 0.2) is 3.95 Å². The maximum Gasteiger partial charge on any atom is 0.251 e. The Morgan fingerprint density at radius 1 is 1.08 bits per heavy atom. The smallest absolute Gasteiger partial charge is 0.251 e. The first-order valence-electron chi connectivity index (χ1n) is 7.88. The summed E-state index contributed by atoms with van der Waals surface area (Å²) in [6, 6.07) is 17.5. The van der Waals surface area contributed by atoms with Gasteiger partial charge in [-0.1, -0.05) is 59.9 Å². The van der Waals surface area contributed by atoms with E-state index in [0.29, 0.717) is 21.1 Å². The summed E-state index contributed by atoms with van der Waals surface area (Å²) in [6.07, 6.45) is 0.362. The first-order chi connectivity index (χ1) is 12.6. The number of aromatic amines is 1. The van der Waals surface area contributed by atoms with E-state index in [-0.39, 0.29) is 11.8 Å². The number of benzene rings is 2. The van der Waals surface area contributed by atoms with Crippen molar-refractivity contribution in [3.8, 4) is 0 Å². The van der Waals surface area contributed by atoms with E-state index in [9.17, 15) is 9.59 Å². The Balaban J connectivity index is 1.77. The Morgan fingerprint density at radius 2 is 1.73 bits per heavy atom. The zero-order chi connectivity index (χ0) is 18.4. The first-order valence-corrected chi connectivity index (χ1v) is 9.10. The Bertz CT molecular complexity index is 938. The second-order valence-corrected chi connectivity index (χ2v) is 7.16. The molecule has 0 aliphatic heterocycles. The lowest BCUT2D eigenvalue weighted by Crippen LogP contribution is -2.45. The fourth-order valence-corrected chi connectivity index (χ4v) is 3.16. The molecule has 8 heteroatoms. The van der Waals surface area contributed by atoms with Crippen LogP contribution >= 0.6 is 23.6 Å². The number of carbonyl (C=O) groups excluding carboxylic acids is 2. The summed E-state index contributed by atoms with van der Waals surface area (Å²) in [7, 11) is 0. The Hall–Kier alpha value is -2.84. The van der Waals surface area contributed by atoms with Gasteiger partial charge in [-0.05, 0) is 29.9 Å². The van der Waals surface area contributed by atoms with Crippen molar-refractivity contribution in [1.82, 2.24) is 15.5 Å². The van der Waals surface area contributed by atoms with Gasteiger partial charge in [0, 0.05) is 12.0 Å². The summed E-state index contributed by atoms with van der Waals surface area (Å²) in [5, 5.41) is 12.4. The number of aromatic nitrogens is 2. The van der Waals surface area contributed by atoms with Crippen LogP contribution in [0.1, 0.15) is 15.9 Å². The molecule has 0 bridgehead atoms. The standard InChI is InChI=1S/C18H16N4O2S2/c23-15(13-9-5-2-6-10-13)19-14(11-12-7-3-1-4-8-12)16(24)20-17-21-22-18(25)26-17/h1-10,14H,11H2,(H,19,23)(H,22,25)(H,20,21,24). The maximum atomic E-state index is 12.7. The average molecular weight is 384 g/mol. The van der Waals surface area contributed by atoms with Crippen LogP contribution in [0.5, 0.6) is 0 Å². The second-order valence-electron chi connectivity index (χ2n) is 5.49. The highest BCUT2D eigenvalue weighted by Crippen LogP contribution is 2.13. The molecule has 0 saturated heterocycles. The monoisotopic (exact) mass is 384 g/mol. The molecule has 0 saturated carbocycles. The van der Waals surface area contributed by atoms with Crippen LogP contribution in [0, 0.1) is 3.95 Å². The van der Waals surface area contributed by atoms with E-state index in [1.54, 1.807) is 24.3 Å². The van der Waals surface area contributed by atoms with Crippen LogP contribution in [0.2, 0.25) is 0 Å². The number of nitrogens with one attached hydrogen (secondary N) is 3. The molecule has 3 N–H and O–H groups in total. The molecule has 1 heterocycles. The summed E-state index contributed by atoms with van der Waals surface area (Å²) < 4.78 is 0.466. The molecule has 2 amide bonds. The fourth-order valence-electron chi connectivity index (χ4n) is 2.37. The molecular formula is C18H16N4O2S2. The van der Waals surface area contributed by atoms with Gasteiger partial charge in [-0.25, -0.2) is 0 Å². The van der Waals surface area contributed by atoms with Gasteiger partial charge < -0.3 is 5.32 Å². The summed E-state index contributed by atoms with van der Waals surface area (Å²) in [6.45, 7) is 0. The molecule has 3 aromatic rings. The molecule has 0 fully saturated rings. The van der Waals surface area contributed by atoms with E-state index < -0.39 is 6.04 Å². The van der Waals surface area contributed by atoms with Crippen molar-refractivity contribution >= 4 is 40.5 Å². The molecule has 2 aromatic carbocycles. The molecular weight excluding hydrogens is 368 g/mol. The van der Waals surface area contributed by atoms with Crippen molar-refractivity contribution < 1.29 is 9.59 Å². The van der Waals surface area contributed by atoms with Gasteiger partial charge in [-0.15, -0.1) is 5.10 Å². The summed E-state index contributed by atoms with van der Waals surface area (Å²) in [5.74, 6) is -0.660. The highest BCUT2D eigenvalue weighted by atomic mass is 32.1. The first kappa shape index (κ1) is 18.0. The summed E-state index contributed by atoms with van der Waals surface area (Å²) >= 11 is 6.13. The van der Waals surface area contributed by atoms with Gasteiger partial charge in [0.05, 0.1) is 0 Å². The van der Waals surface area contributed by atoms with Crippen LogP contribution in [0.15, 0.2) is 60.7 Å². The number of anilines is 1. The molecule has 0 spiro atoms. The molecule has 1 unspecified atom stereocenters. The van der Waals surface area contributed by atoms with Crippen LogP contribution in [0.3, 0.4) is 0 Å². The third-order valence-electron chi connectivity index (χ3n) is 3.61. The number of carbonyl (C=O) groups is 2. The van der Waals surface area contributed by atoms with Gasteiger partial charge in [0.25, 0.3) is 5.91 Å². The Labute approximate surface area is 159 Å². The number of hydrogen-bond donors (Lipinski definition) is 3. The quantitative estimate of drug-likeness (QED) is 0.570. The molecule has 0 aliphatic rings. The van der Waals surface area contributed by atoms with Gasteiger partial charge in [-0.2, -0.15) is 0 Å². The topological polar surface area (TPSA) is 86.9 Å². The van der Waals surface area contributed by atoms with Gasteiger partial charge >= 0.3 is 0 Å². The highest BCUT2D eigenvalue weighted by Gasteiger charge is 2.22. The van der Waals surface area contributed by atoms with Crippen molar-refractivity contribution in [3.05, 3.63) is 75.7 Å². The van der Waals surface area contributed by atoms with E-state index >= 15 is 0 Å². The maximum absolute atomic E-state index is 12.7. The Kier molecular flexibility index (Phi) is 5.88.